The number of benzene rings is 2. The molecule has 0 saturated carbocycles. The van der Waals surface area contributed by atoms with Crippen molar-refractivity contribution >= 4 is 19.0 Å². The Kier molecular flexibility index (Phi) is 6.10. The van der Waals surface area contributed by atoms with Crippen molar-refractivity contribution in [2.45, 2.75) is 39.0 Å². The number of aromatic nitrogens is 2. The van der Waals surface area contributed by atoms with Gasteiger partial charge in [-0.3, -0.25) is 0 Å². The molecule has 1 heterocycles. The smallest absolute Gasteiger partial charge is 0.387 e. The van der Waals surface area contributed by atoms with Crippen molar-refractivity contribution in [1.29, 1.82) is 0 Å². The summed E-state index contributed by atoms with van der Waals surface area (Å²) in [7, 11) is -1.16. The molecule has 0 aliphatic rings. The van der Waals surface area contributed by atoms with E-state index in [0.717, 1.165) is 16.9 Å². The normalized spacial score (nSPS) is 12.1. The number of halogens is 3. The van der Waals surface area contributed by atoms with Gasteiger partial charge >= 0.3 is 6.61 Å². The Morgan fingerprint density at radius 3 is 2.64 bits per heavy atom. The van der Waals surface area contributed by atoms with Crippen LogP contribution in [0.2, 0.25) is 25.7 Å². The molecule has 0 radical (unpaired) electrons. The molecule has 2 aromatic carbocycles. The lowest BCUT2D eigenvalue weighted by Crippen LogP contribution is -2.22. The van der Waals surface area contributed by atoms with Crippen LogP contribution in [0.15, 0.2) is 42.6 Å². The Hall–Kier alpha value is -2.32. The van der Waals surface area contributed by atoms with Gasteiger partial charge in [0.25, 0.3) is 0 Å². The molecule has 0 aliphatic carbocycles. The average Bonchev–Trinajstić information content (AvgIpc) is 3.00. The molecule has 1 aromatic heterocycles. The molecule has 8 heteroatoms. The van der Waals surface area contributed by atoms with Crippen molar-refractivity contribution in [3.05, 3.63) is 48.4 Å². The van der Waals surface area contributed by atoms with Gasteiger partial charge < -0.3 is 9.47 Å². The van der Waals surface area contributed by atoms with Crippen molar-refractivity contribution in [3.8, 4) is 16.9 Å². The number of nitrogens with zero attached hydrogens (tertiary/aromatic N) is 2. The third-order valence-corrected chi connectivity index (χ3v) is 6.04. The van der Waals surface area contributed by atoms with E-state index in [-0.39, 0.29) is 11.3 Å². The molecule has 0 unspecified atom stereocenters. The second-order valence-electron chi connectivity index (χ2n) is 7.76. The van der Waals surface area contributed by atoms with E-state index in [1.54, 1.807) is 29.1 Å². The summed E-state index contributed by atoms with van der Waals surface area (Å²) in [5.41, 5.74) is 1.27. The summed E-state index contributed by atoms with van der Waals surface area (Å²) < 4.78 is 51.6. The second kappa shape index (κ2) is 8.36. The molecule has 0 atom stereocenters. The lowest BCUT2D eigenvalue weighted by atomic mass is 10.0. The van der Waals surface area contributed by atoms with Crippen molar-refractivity contribution in [2.24, 2.45) is 0 Å². The highest BCUT2D eigenvalue weighted by Gasteiger charge is 2.17. The lowest BCUT2D eigenvalue weighted by Gasteiger charge is -2.15. The minimum atomic E-state index is -3.03. The number of fused-ring (bicyclic) bond motifs is 1. The number of ether oxygens (including phenoxy) is 2. The van der Waals surface area contributed by atoms with Crippen LogP contribution >= 0.6 is 0 Å². The predicted molar refractivity (Wildman–Crippen MR) is 106 cm³/mol. The van der Waals surface area contributed by atoms with Gasteiger partial charge in [-0.1, -0.05) is 31.8 Å². The van der Waals surface area contributed by atoms with E-state index in [4.69, 9.17) is 4.74 Å². The van der Waals surface area contributed by atoms with E-state index in [0.29, 0.717) is 18.9 Å². The summed E-state index contributed by atoms with van der Waals surface area (Å²) in [4.78, 5) is 0. The van der Waals surface area contributed by atoms with E-state index in [9.17, 15) is 13.2 Å². The van der Waals surface area contributed by atoms with Crippen LogP contribution in [0.1, 0.15) is 0 Å². The molecule has 0 fully saturated rings. The summed E-state index contributed by atoms with van der Waals surface area (Å²) in [5.74, 6) is -0.823. The van der Waals surface area contributed by atoms with Crippen LogP contribution in [0.25, 0.3) is 22.0 Å². The van der Waals surface area contributed by atoms with Gasteiger partial charge in [-0.25, -0.2) is 9.07 Å². The molecular weight excluding hydrogens is 385 g/mol. The first kappa shape index (κ1) is 20.4. The highest BCUT2D eigenvalue weighted by molar-refractivity contribution is 6.76. The number of hydrogen-bond donors (Lipinski definition) is 0. The molecule has 28 heavy (non-hydrogen) atoms. The van der Waals surface area contributed by atoms with Crippen molar-refractivity contribution < 1.29 is 22.6 Å². The van der Waals surface area contributed by atoms with Crippen LogP contribution in [0.3, 0.4) is 0 Å². The molecule has 3 aromatic rings. The molecule has 0 N–H and O–H groups in total. The van der Waals surface area contributed by atoms with Crippen LogP contribution < -0.4 is 4.74 Å². The summed E-state index contributed by atoms with van der Waals surface area (Å²) in [5, 5.41) is 5.08. The SMILES string of the molecule is C[Si](C)(C)CCOCn1ncc2cc(-c3c(F)cccc3OC(F)F)ccc21. The fourth-order valence-corrected chi connectivity index (χ4v) is 3.61. The van der Waals surface area contributed by atoms with Gasteiger partial charge in [0.1, 0.15) is 18.3 Å². The van der Waals surface area contributed by atoms with Gasteiger partial charge in [0.2, 0.25) is 0 Å². The minimum absolute atomic E-state index is 0.00355. The zero-order valence-electron chi connectivity index (χ0n) is 16.1. The van der Waals surface area contributed by atoms with Gasteiger partial charge in [0.05, 0.1) is 17.3 Å². The van der Waals surface area contributed by atoms with Crippen molar-refractivity contribution in [3.63, 3.8) is 0 Å². The highest BCUT2D eigenvalue weighted by Crippen LogP contribution is 2.35. The lowest BCUT2D eigenvalue weighted by molar-refractivity contribution is -0.0495. The molecule has 0 spiro atoms. The van der Waals surface area contributed by atoms with Gasteiger partial charge in [-0.2, -0.15) is 13.9 Å². The van der Waals surface area contributed by atoms with E-state index < -0.39 is 20.5 Å². The molecule has 0 bridgehead atoms. The zero-order valence-corrected chi connectivity index (χ0v) is 17.1. The number of hydrogen-bond acceptors (Lipinski definition) is 3. The van der Waals surface area contributed by atoms with Crippen LogP contribution in [-0.2, 0) is 11.5 Å². The maximum absolute atomic E-state index is 14.3. The first-order valence-electron chi connectivity index (χ1n) is 9.01. The van der Waals surface area contributed by atoms with Crippen molar-refractivity contribution in [1.82, 2.24) is 9.78 Å². The maximum atomic E-state index is 14.3. The van der Waals surface area contributed by atoms with Gasteiger partial charge in [-0.05, 0) is 35.9 Å². The zero-order chi connectivity index (χ0) is 20.3. The van der Waals surface area contributed by atoms with Crippen LogP contribution in [0, 0.1) is 5.82 Å². The molecule has 0 aliphatic heterocycles. The Labute approximate surface area is 162 Å². The van der Waals surface area contributed by atoms with E-state index >= 15 is 0 Å². The van der Waals surface area contributed by atoms with E-state index in [1.807, 2.05) is 0 Å². The molecule has 3 rings (SSSR count). The average molecular weight is 408 g/mol. The van der Waals surface area contributed by atoms with Gasteiger partial charge in [0, 0.05) is 20.1 Å². The van der Waals surface area contributed by atoms with Gasteiger partial charge in [0.15, 0.2) is 0 Å². The Morgan fingerprint density at radius 2 is 1.93 bits per heavy atom. The third-order valence-electron chi connectivity index (χ3n) is 4.33. The number of alkyl halides is 2. The summed E-state index contributed by atoms with van der Waals surface area (Å²) in [6.45, 7) is 4.84. The topological polar surface area (TPSA) is 36.3 Å². The molecule has 0 saturated heterocycles. The predicted octanol–water partition coefficient (Wildman–Crippen LogP) is 5.76. The molecule has 150 valence electrons. The Balaban J connectivity index is 1.83. The summed E-state index contributed by atoms with van der Waals surface area (Å²) >= 11 is 0. The molecule has 0 amide bonds. The minimum Gasteiger partial charge on any atom is -0.434 e. The highest BCUT2D eigenvalue weighted by atomic mass is 28.3. The first-order chi connectivity index (χ1) is 13.2. The quantitative estimate of drug-likeness (QED) is 0.351. The van der Waals surface area contributed by atoms with Crippen LogP contribution in [-0.4, -0.2) is 31.1 Å². The van der Waals surface area contributed by atoms with Crippen LogP contribution in [0.4, 0.5) is 13.2 Å². The largest absolute Gasteiger partial charge is 0.434 e. The van der Waals surface area contributed by atoms with Gasteiger partial charge in [-0.15, -0.1) is 0 Å². The second-order valence-corrected chi connectivity index (χ2v) is 13.4. The van der Waals surface area contributed by atoms with E-state index in [2.05, 4.69) is 29.5 Å². The standard InChI is InChI=1S/C20H23F3N2O2Si/c1-28(2,3)10-9-26-13-25-17-8-7-14(11-15(17)12-24-25)19-16(21)5-4-6-18(19)27-20(22)23/h4-8,11-12,20H,9-10,13H2,1-3H3. The fourth-order valence-electron chi connectivity index (χ4n) is 2.85. The summed E-state index contributed by atoms with van der Waals surface area (Å²) in [6, 6.07) is 10.1. The van der Waals surface area contributed by atoms with Crippen molar-refractivity contribution in [2.75, 3.05) is 6.61 Å². The monoisotopic (exact) mass is 408 g/mol. The van der Waals surface area contributed by atoms with E-state index in [1.165, 1.54) is 18.2 Å². The number of rotatable bonds is 8. The fraction of sp³-hybridized carbons (Fsp3) is 0.350. The Morgan fingerprint density at radius 1 is 1.14 bits per heavy atom. The first-order valence-corrected chi connectivity index (χ1v) is 12.7. The Bertz CT molecular complexity index is 954. The maximum Gasteiger partial charge on any atom is 0.387 e. The van der Waals surface area contributed by atoms with Crippen LogP contribution in [0.5, 0.6) is 5.75 Å². The molecule has 4 nitrogen and oxygen atoms in total. The molecular formula is C20H23F3N2O2Si. The summed E-state index contributed by atoms with van der Waals surface area (Å²) in [6.07, 6.45) is 1.65. The third kappa shape index (κ3) is 4.93.